The molecule has 1 N–H and O–H groups in total. The monoisotopic (exact) mass is 411 g/mol. The van der Waals surface area contributed by atoms with Crippen LogP contribution in [0.5, 0.6) is 0 Å². The second-order valence-corrected chi connectivity index (χ2v) is 7.05. The molecule has 0 aliphatic carbocycles. The van der Waals surface area contributed by atoms with E-state index in [0.29, 0.717) is 17.2 Å². The Morgan fingerprint density at radius 2 is 1.67 bits per heavy atom. The molecule has 0 spiro atoms. The molecule has 1 heterocycles. The first kappa shape index (κ1) is 21.1. The van der Waals surface area contributed by atoms with Crippen LogP contribution in [-0.4, -0.2) is 17.0 Å². The van der Waals surface area contributed by atoms with Crippen LogP contribution < -0.4 is 10.2 Å². The summed E-state index contributed by atoms with van der Waals surface area (Å²) in [7, 11) is 1.69. The van der Waals surface area contributed by atoms with Crippen molar-refractivity contribution in [2.45, 2.75) is 25.9 Å². The maximum atomic E-state index is 13.5. The molecule has 0 aliphatic rings. The van der Waals surface area contributed by atoms with Crippen LogP contribution in [0.4, 0.5) is 36.3 Å². The van der Waals surface area contributed by atoms with Crippen LogP contribution in [0.3, 0.4) is 0 Å². The van der Waals surface area contributed by atoms with Crippen LogP contribution in [0.2, 0.25) is 0 Å². The van der Waals surface area contributed by atoms with Crippen molar-refractivity contribution in [2.24, 2.45) is 0 Å². The number of halogens is 3. The lowest BCUT2D eigenvalue weighted by molar-refractivity contribution is -0.137. The Kier molecular flexibility index (Phi) is 5.92. The fourth-order valence-corrected chi connectivity index (χ4v) is 2.80. The molecule has 3 aromatic rings. The highest BCUT2D eigenvalue weighted by molar-refractivity contribution is 5.64. The largest absolute Gasteiger partial charge is 0.421 e. The third-order valence-corrected chi connectivity index (χ3v) is 4.61. The molecule has 8 heteroatoms. The summed E-state index contributed by atoms with van der Waals surface area (Å²) in [6.45, 7) is 4.16. The van der Waals surface area contributed by atoms with E-state index < -0.39 is 11.7 Å². The Morgan fingerprint density at radius 1 is 1.03 bits per heavy atom. The molecule has 0 fully saturated rings. The molecule has 0 atom stereocenters. The van der Waals surface area contributed by atoms with Crippen LogP contribution in [0.1, 0.15) is 36.5 Å². The molecule has 0 saturated heterocycles. The second-order valence-electron chi connectivity index (χ2n) is 7.05. The first-order chi connectivity index (χ1) is 14.2. The van der Waals surface area contributed by atoms with E-state index in [0.717, 1.165) is 17.4 Å². The zero-order valence-corrected chi connectivity index (χ0v) is 16.7. The standard InChI is InChI=1S/C22H20F3N5/c1-14(2)16-6-10-18(11-7-16)30(3)21-27-13-19(22(23,24)25)20(29-21)28-17-8-4-15(12-26)5-9-17/h4-11,13-14H,1-3H3,(H,27,28,29). The van der Waals surface area contributed by atoms with E-state index in [1.807, 2.05) is 30.3 Å². The number of rotatable bonds is 5. The minimum atomic E-state index is -4.62. The van der Waals surface area contributed by atoms with Gasteiger partial charge in [0.15, 0.2) is 0 Å². The Balaban J connectivity index is 1.96. The topological polar surface area (TPSA) is 64.8 Å². The number of nitrogens with zero attached hydrogens (tertiary/aromatic N) is 4. The molecule has 0 unspecified atom stereocenters. The minimum Gasteiger partial charge on any atom is -0.340 e. The van der Waals surface area contributed by atoms with Gasteiger partial charge in [-0.2, -0.15) is 23.4 Å². The van der Waals surface area contributed by atoms with Crippen molar-refractivity contribution in [1.29, 1.82) is 5.26 Å². The maximum absolute atomic E-state index is 13.5. The van der Waals surface area contributed by atoms with Gasteiger partial charge in [-0.15, -0.1) is 0 Å². The molecule has 0 radical (unpaired) electrons. The normalized spacial score (nSPS) is 11.3. The highest BCUT2D eigenvalue weighted by atomic mass is 19.4. The SMILES string of the molecule is CC(C)c1ccc(N(C)c2ncc(C(F)(F)F)c(Nc3ccc(C#N)cc3)n2)cc1. The van der Waals surface area contributed by atoms with Gasteiger partial charge in [0.05, 0.1) is 11.6 Å². The lowest BCUT2D eigenvalue weighted by Crippen LogP contribution is -2.17. The van der Waals surface area contributed by atoms with Gasteiger partial charge in [-0.05, 0) is 47.9 Å². The third-order valence-electron chi connectivity index (χ3n) is 4.61. The van der Waals surface area contributed by atoms with E-state index in [-0.39, 0.29) is 11.8 Å². The van der Waals surface area contributed by atoms with Gasteiger partial charge >= 0.3 is 6.18 Å². The summed E-state index contributed by atoms with van der Waals surface area (Å²) in [6, 6.07) is 15.7. The van der Waals surface area contributed by atoms with Gasteiger partial charge in [-0.25, -0.2) is 4.98 Å². The minimum absolute atomic E-state index is 0.122. The molecule has 0 saturated carbocycles. The quantitative estimate of drug-likeness (QED) is 0.558. The fourth-order valence-electron chi connectivity index (χ4n) is 2.80. The molecule has 1 aromatic heterocycles. The smallest absolute Gasteiger partial charge is 0.340 e. The van der Waals surface area contributed by atoms with E-state index >= 15 is 0 Å². The van der Waals surface area contributed by atoms with Gasteiger partial charge < -0.3 is 10.2 Å². The van der Waals surface area contributed by atoms with Crippen molar-refractivity contribution in [3.8, 4) is 6.07 Å². The van der Waals surface area contributed by atoms with Crippen molar-refractivity contribution in [1.82, 2.24) is 9.97 Å². The summed E-state index contributed by atoms with van der Waals surface area (Å²) in [5.74, 6) is 0.134. The van der Waals surface area contributed by atoms with Crippen molar-refractivity contribution in [3.05, 3.63) is 71.4 Å². The molecular formula is C22H20F3N5. The molecule has 0 amide bonds. The molecule has 5 nitrogen and oxygen atoms in total. The van der Waals surface area contributed by atoms with E-state index in [9.17, 15) is 13.2 Å². The van der Waals surface area contributed by atoms with E-state index in [2.05, 4.69) is 29.1 Å². The molecule has 0 aliphatic heterocycles. The molecule has 3 rings (SSSR count). The number of aromatic nitrogens is 2. The summed E-state index contributed by atoms with van der Waals surface area (Å²) in [5, 5.41) is 11.6. The summed E-state index contributed by atoms with van der Waals surface area (Å²) >= 11 is 0. The number of hydrogen-bond donors (Lipinski definition) is 1. The van der Waals surface area contributed by atoms with Crippen molar-refractivity contribution < 1.29 is 13.2 Å². The first-order valence-electron chi connectivity index (χ1n) is 9.24. The zero-order valence-electron chi connectivity index (χ0n) is 16.7. The number of alkyl halides is 3. The van der Waals surface area contributed by atoms with Gasteiger partial charge in [0.1, 0.15) is 11.4 Å². The van der Waals surface area contributed by atoms with Gasteiger partial charge in [0.2, 0.25) is 5.95 Å². The van der Waals surface area contributed by atoms with Crippen LogP contribution in [-0.2, 0) is 6.18 Å². The average Bonchev–Trinajstić information content (AvgIpc) is 2.73. The third kappa shape index (κ3) is 4.69. The number of benzene rings is 2. The number of nitriles is 1. The summed E-state index contributed by atoms with van der Waals surface area (Å²) in [5.41, 5.74) is 1.73. The zero-order chi connectivity index (χ0) is 21.9. The van der Waals surface area contributed by atoms with Gasteiger partial charge in [0, 0.05) is 24.6 Å². The van der Waals surface area contributed by atoms with Gasteiger partial charge in [-0.1, -0.05) is 26.0 Å². The van der Waals surface area contributed by atoms with Crippen LogP contribution in [0.25, 0.3) is 0 Å². The van der Waals surface area contributed by atoms with E-state index in [4.69, 9.17) is 5.26 Å². The van der Waals surface area contributed by atoms with Gasteiger partial charge in [0.25, 0.3) is 0 Å². The highest BCUT2D eigenvalue weighted by Gasteiger charge is 2.35. The Labute approximate surface area is 172 Å². The Morgan fingerprint density at radius 3 is 2.20 bits per heavy atom. The summed E-state index contributed by atoms with van der Waals surface area (Å²) in [4.78, 5) is 9.67. The first-order valence-corrected chi connectivity index (χ1v) is 9.24. The molecule has 30 heavy (non-hydrogen) atoms. The predicted molar refractivity (Wildman–Crippen MR) is 110 cm³/mol. The number of anilines is 4. The number of nitrogens with one attached hydrogen (secondary N) is 1. The average molecular weight is 411 g/mol. The lowest BCUT2D eigenvalue weighted by atomic mass is 10.0. The van der Waals surface area contributed by atoms with Gasteiger partial charge in [-0.3, -0.25) is 0 Å². The van der Waals surface area contributed by atoms with Crippen LogP contribution in [0.15, 0.2) is 54.7 Å². The van der Waals surface area contributed by atoms with E-state index in [1.165, 1.54) is 24.3 Å². The summed E-state index contributed by atoms with van der Waals surface area (Å²) in [6.07, 6.45) is -3.85. The highest BCUT2D eigenvalue weighted by Crippen LogP contribution is 2.36. The molecule has 154 valence electrons. The Bertz CT molecular complexity index is 1050. The second kappa shape index (κ2) is 8.41. The van der Waals surface area contributed by atoms with E-state index in [1.54, 1.807) is 11.9 Å². The van der Waals surface area contributed by atoms with Crippen molar-refractivity contribution >= 4 is 23.1 Å². The molecule has 2 aromatic carbocycles. The van der Waals surface area contributed by atoms with Crippen LogP contribution >= 0.6 is 0 Å². The number of hydrogen-bond acceptors (Lipinski definition) is 5. The Hall–Kier alpha value is -3.60. The maximum Gasteiger partial charge on any atom is 0.421 e. The van der Waals surface area contributed by atoms with Crippen molar-refractivity contribution in [2.75, 3.05) is 17.3 Å². The predicted octanol–water partition coefficient (Wildman–Crippen LogP) is 6.00. The molecule has 0 bridgehead atoms. The fraction of sp³-hybridized carbons (Fsp3) is 0.227. The van der Waals surface area contributed by atoms with Crippen molar-refractivity contribution in [3.63, 3.8) is 0 Å². The van der Waals surface area contributed by atoms with Crippen LogP contribution in [0, 0.1) is 11.3 Å². The summed E-state index contributed by atoms with van der Waals surface area (Å²) < 4.78 is 40.4. The lowest BCUT2D eigenvalue weighted by Gasteiger charge is -2.20. The molecular weight excluding hydrogens is 391 g/mol.